The van der Waals surface area contributed by atoms with E-state index >= 15 is 0 Å². The van der Waals surface area contributed by atoms with E-state index < -0.39 is 0 Å². The van der Waals surface area contributed by atoms with Crippen LogP contribution in [0.1, 0.15) is 51.8 Å². The van der Waals surface area contributed by atoms with Gasteiger partial charge in [-0.15, -0.1) is 0 Å². The largest absolute Gasteiger partial charge is 0.374 e. The number of carbonyl (C=O) groups excluding carboxylic acids is 1. The molecule has 0 spiro atoms. The molecule has 0 fully saturated rings. The van der Waals surface area contributed by atoms with Gasteiger partial charge in [0, 0.05) is 23.1 Å². The summed E-state index contributed by atoms with van der Waals surface area (Å²) in [6, 6.07) is 8.15. The number of carbonyl (C=O) groups is 1. The summed E-state index contributed by atoms with van der Waals surface area (Å²) >= 11 is 0. The minimum absolute atomic E-state index is 0.310. The number of fused-ring (bicyclic) bond motifs is 3. The Hall–Kier alpha value is -1.81. The third kappa shape index (κ3) is 3.17. The van der Waals surface area contributed by atoms with Crippen LogP contribution < -0.4 is 5.73 Å². The Balaban J connectivity index is 0.000000561. The molecule has 4 heteroatoms. The third-order valence-electron chi connectivity index (χ3n) is 3.65. The number of benzene rings is 1. The number of aromatic nitrogens is 1. The van der Waals surface area contributed by atoms with Crippen molar-refractivity contribution in [3.8, 4) is 0 Å². The van der Waals surface area contributed by atoms with Crippen LogP contribution in [0.4, 0.5) is 0 Å². The van der Waals surface area contributed by atoms with Gasteiger partial charge in [0.05, 0.1) is 19.1 Å². The molecular weight excluding hydrogens is 276 g/mol. The van der Waals surface area contributed by atoms with Crippen LogP contribution in [-0.2, 0) is 22.7 Å². The lowest BCUT2D eigenvalue weighted by Gasteiger charge is -2.22. The Morgan fingerprint density at radius 3 is 2.50 bits per heavy atom. The molecule has 0 aliphatic carbocycles. The van der Waals surface area contributed by atoms with Gasteiger partial charge in [-0.25, -0.2) is 0 Å². The van der Waals surface area contributed by atoms with Gasteiger partial charge in [-0.1, -0.05) is 45.9 Å². The normalized spacial score (nSPS) is 16.0. The Kier molecular flexibility index (Phi) is 7.12. The van der Waals surface area contributed by atoms with E-state index in [0.29, 0.717) is 13.2 Å². The minimum atomic E-state index is -0.327. The summed E-state index contributed by atoms with van der Waals surface area (Å²) in [7, 11) is 0. The van der Waals surface area contributed by atoms with Crippen LogP contribution in [0.2, 0.25) is 0 Å². The van der Waals surface area contributed by atoms with Gasteiger partial charge in [0.2, 0.25) is 5.91 Å². The minimum Gasteiger partial charge on any atom is -0.374 e. The smallest absolute Gasteiger partial charge is 0.227 e. The lowest BCUT2D eigenvalue weighted by Crippen LogP contribution is -2.29. The first-order valence-electron chi connectivity index (χ1n) is 8.21. The van der Waals surface area contributed by atoms with E-state index in [1.807, 2.05) is 39.8 Å². The second-order valence-corrected chi connectivity index (χ2v) is 4.59. The zero-order valence-corrected chi connectivity index (χ0v) is 14.3. The molecule has 0 saturated carbocycles. The average molecular weight is 304 g/mol. The van der Waals surface area contributed by atoms with E-state index in [-0.39, 0.29) is 11.8 Å². The van der Waals surface area contributed by atoms with Gasteiger partial charge in [-0.05, 0) is 18.6 Å². The van der Waals surface area contributed by atoms with Gasteiger partial charge in [0.1, 0.15) is 0 Å². The fourth-order valence-corrected chi connectivity index (χ4v) is 2.87. The van der Waals surface area contributed by atoms with E-state index in [9.17, 15) is 4.79 Å². The number of nitrogens with zero attached hydrogens (tertiary/aromatic N) is 1. The number of aryl methyl sites for hydroxylation is 1. The van der Waals surface area contributed by atoms with Crippen LogP contribution in [0, 0.1) is 0 Å². The number of ether oxygens (including phenoxy) is 1. The predicted molar refractivity (Wildman–Crippen MR) is 91.9 cm³/mol. The second-order valence-electron chi connectivity index (χ2n) is 4.59. The molecule has 1 unspecified atom stereocenters. The highest BCUT2D eigenvalue weighted by molar-refractivity contribution is 5.93. The maximum atomic E-state index is 11.6. The van der Waals surface area contributed by atoms with Crippen LogP contribution in [-0.4, -0.2) is 17.1 Å². The van der Waals surface area contributed by atoms with Crippen molar-refractivity contribution >= 4 is 16.8 Å². The molecule has 122 valence electrons. The zero-order valence-electron chi connectivity index (χ0n) is 14.3. The molecule has 1 atom stereocenters. The highest BCUT2D eigenvalue weighted by atomic mass is 16.5. The standard InChI is InChI=1S/C14H16N2O2.2C2H6/c1-2-16-11-6-4-3-5-9(11)13-10(14(15)17)7-18-8-12(13)16;2*1-2/h3-6,10H,2,7-8H2,1H3,(H2,15,17);2*1-2H3. The lowest BCUT2D eigenvalue weighted by atomic mass is 9.94. The molecule has 0 saturated heterocycles. The number of para-hydroxylation sites is 1. The second kappa shape index (κ2) is 8.59. The molecule has 1 aromatic heterocycles. The molecule has 0 bridgehead atoms. The maximum absolute atomic E-state index is 11.6. The topological polar surface area (TPSA) is 57.2 Å². The summed E-state index contributed by atoms with van der Waals surface area (Å²) < 4.78 is 7.73. The number of nitrogens with two attached hydrogens (primary N) is 1. The van der Waals surface area contributed by atoms with Crippen molar-refractivity contribution in [3.63, 3.8) is 0 Å². The molecule has 1 aliphatic rings. The van der Waals surface area contributed by atoms with Crippen molar-refractivity contribution in [1.29, 1.82) is 0 Å². The van der Waals surface area contributed by atoms with E-state index in [1.165, 1.54) is 0 Å². The third-order valence-corrected chi connectivity index (χ3v) is 3.65. The molecule has 4 nitrogen and oxygen atoms in total. The first kappa shape index (κ1) is 18.2. The van der Waals surface area contributed by atoms with Crippen molar-refractivity contribution in [3.05, 3.63) is 35.5 Å². The number of amides is 1. The van der Waals surface area contributed by atoms with Crippen LogP contribution >= 0.6 is 0 Å². The Morgan fingerprint density at radius 1 is 1.27 bits per heavy atom. The van der Waals surface area contributed by atoms with Crippen molar-refractivity contribution in [2.45, 2.75) is 53.7 Å². The zero-order chi connectivity index (χ0) is 16.7. The summed E-state index contributed by atoms with van der Waals surface area (Å²) in [5.74, 6) is -0.638. The van der Waals surface area contributed by atoms with Crippen LogP contribution in [0.5, 0.6) is 0 Å². The molecule has 2 N–H and O–H groups in total. The van der Waals surface area contributed by atoms with Crippen molar-refractivity contribution in [2.75, 3.05) is 6.61 Å². The van der Waals surface area contributed by atoms with Crippen molar-refractivity contribution in [1.82, 2.24) is 4.57 Å². The molecule has 22 heavy (non-hydrogen) atoms. The monoisotopic (exact) mass is 304 g/mol. The molecule has 3 rings (SSSR count). The van der Waals surface area contributed by atoms with E-state index in [2.05, 4.69) is 23.6 Å². The SMILES string of the molecule is CC.CC.CCn1c2c(c3ccccc31)C(C(N)=O)COC2. The summed E-state index contributed by atoms with van der Waals surface area (Å²) in [4.78, 5) is 11.6. The summed E-state index contributed by atoms with van der Waals surface area (Å²) in [5, 5.41) is 1.13. The van der Waals surface area contributed by atoms with Crippen molar-refractivity contribution < 1.29 is 9.53 Å². The Bertz CT molecular complexity index is 617. The predicted octanol–water partition coefficient (Wildman–Crippen LogP) is 3.81. The number of primary amides is 1. The summed E-state index contributed by atoms with van der Waals surface area (Å²) in [6.07, 6.45) is 0. The lowest BCUT2D eigenvalue weighted by molar-refractivity contribution is -0.121. The van der Waals surface area contributed by atoms with E-state index in [1.54, 1.807) is 0 Å². The van der Waals surface area contributed by atoms with E-state index in [0.717, 1.165) is 28.7 Å². The molecule has 2 heterocycles. The summed E-state index contributed by atoms with van der Waals surface area (Å²) in [5.41, 5.74) is 8.80. The number of hydrogen-bond donors (Lipinski definition) is 1. The molecule has 1 amide bonds. The first-order valence-corrected chi connectivity index (χ1v) is 8.21. The molecule has 2 aromatic rings. The molecule has 1 aliphatic heterocycles. The number of hydrogen-bond acceptors (Lipinski definition) is 2. The van der Waals surface area contributed by atoms with Gasteiger partial charge in [-0.3, -0.25) is 4.79 Å². The van der Waals surface area contributed by atoms with Crippen LogP contribution in [0.25, 0.3) is 10.9 Å². The highest BCUT2D eigenvalue weighted by Crippen LogP contribution is 2.35. The van der Waals surface area contributed by atoms with Gasteiger partial charge >= 0.3 is 0 Å². The average Bonchev–Trinajstić information content (AvgIpc) is 2.92. The fraction of sp³-hybridized carbons (Fsp3) is 0.500. The van der Waals surface area contributed by atoms with Gasteiger partial charge in [-0.2, -0.15) is 0 Å². The van der Waals surface area contributed by atoms with Gasteiger partial charge in [0.25, 0.3) is 0 Å². The highest BCUT2D eigenvalue weighted by Gasteiger charge is 2.30. The van der Waals surface area contributed by atoms with Crippen LogP contribution in [0.3, 0.4) is 0 Å². The van der Waals surface area contributed by atoms with Crippen LogP contribution in [0.15, 0.2) is 24.3 Å². The number of rotatable bonds is 2. The Morgan fingerprint density at radius 2 is 1.91 bits per heavy atom. The first-order chi connectivity index (χ1) is 10.7. The maximum Gasteiger partial charge on any atom is 0.227 e. The van der Waals surface area contributed by atoms with Gasteiger partial charge < -0.3 is 15.0 Å². The quantitative estimate of drug-likeness (QED) is 0.917. The van der Waals surface area contributed by atoms with Gasteiger partial charge in [0.15, 0.2) is 0 Å². The van der Waals surface area contributed by atoms with Crippen molar-refractivity contribution in [2.24, 2.45) is 5.73 Å². The molecule has 1 aromatic carbocycles. The molecular formula is C18H28N2O2. The summed E-state index contributed by atoms with van der Waals surface area (Å²) in [6.45, 7) is 11.9. The fourth-order valence-electron chi connectivity index (χ4n) is 2.87. The Labute approximate surface area is 133 Å². The molecule has 0 radical (unpaired) electrons. The van der Waals surface area contributed by atoms with E-state index in [4.69, 9.17) is 10.5 Å².